The van der Waals surface area contributed by atoms with Gasteiger partial charge in [-0.15, -0.1) is 0 Å². The van der Waals surface area contributed by atoms with Crippen molar-refractivity contribution in [3.05, 3.63) is 116 Å². The highest BCUT2D eigenvalue weighted by atomic mass is 35.5. The first-order chi connectivity index (χ1) is 24.7. The van der Waals surface area contributed by atoms with Crippen LogP contribution >= 0.6 is 23.2 Å². The van der Waals surface area contributed by atoms with Gasteiger partial charge in [-0.1, -0.05) is 29.3 Å². The quantitative estimate of drug-likeness (QED) is 0.111. The molecule has 0 fully saturated rings. The van der Waals surface area contributed by atoms with Crippen LogP contribution in [0.3, 0.4) is 0 Å². The van der Waals surface area contributed by atoms with Crippen LogP contribution in [0.25, 0.3) is 22.0 Å². The van der Waals surface area contributed by atoms with Gasteiger partial charge in [0, 0.05) is 53.2 Å². The molecule has 0 unspecified atom stereocenters. The van der Waals surface area contributed by atoms with Crippen LogP contribution in [-0.4, -0.2) is 46.6 Å². The molecule has 0 aliphatic rings. The number of nitrogens with one attached hydrogen (secondary N) is 3. The summed E-state index contributed by atoms with van der Waals surface area (Å²) in [5.41, 5.74) is 6.78. The lowest BCUT2D eigenvalue weighted by atomic mass is 9.98. The van der Waals surface area contributed by atoms with Crippen LogP contribution in [0.15, 0.2) is 70.4 Å². The molecular weight excluding hydrogens is 727 g/mol. The lowest BCUT2D eigenvalue weighted by molar-refractivity contribution is 0.0917. The number of rotatable bonds is 12. The zero-order chi connectivity index (χ0) is 37.3. The van der Waals surface area contributed by atoms with E-state index in [1.807, 2.05) is 46.9 Å². The van der Waals surface area contributed by atoms with E-state index in [9.17, 15) is 18.0 Å². The summed E-state index contributed by atoms with van der Waals surface area (Å²) in [4.78, 5) is 33.7. The molecule has 3 N–H and O–H groups in total. The molecule has 0 spiro atoms. The first-order valence-electron chi connectivity index (χ1n) is 16.3. The summed E-state index contributed by atoms with van der Waals surface area (Å²) in [6.45, 7) is 8.09. The molecule has 52 heavy (non-hydrogen) atoms. The standard InChI is InChI=1S/C37H36Cl2N6O6S/c1-20-17-25(18-21(2)33(20)39)50-16-6-7-26-27-8-9-28(38)32(31-22(3)43-45(5)23(31)4)34(27)42-35(26)37(47)44-52(48,49)30-11-10-29(51-30)36(46)41-19-24-12-14-40-15-13-24/h8-15,17-18,42H,6-7,16,19H2,1-5H3,(H,41,46)(H,44,47). The third-order valence-corrected chi connectivity index (χ3v) is 10.9. The van der Waals surface area contributed by atoms with Gasteiger partial charge in [-0.25, -0.2) is 4.72 Å². The molecule has 0 aliphatic carbocycles. The zero-order valence-corrected chi connectivity index (χ0v) is 31.4. The number of nitrogens with zero attached hydrogens (tertiary/aromatic N) is 3. The number of carbonyl (C=O) groups is 2. The van der Waals surface area contributed by atoms with Crippen LogP contribution in [0.2, 0.25) is 10.0 Å². The number of aromatic nitrogens is 4. The molecule has 0 saturated heterocycles. The lowest BCUT2D eigenvalue weighted by Crippen LogP contribution is -2.31. The maximum atomic E-state index is 13.9. The number of fused-ring (bicyclic) bond motifs is 1. The molecule has 2 amide bonds. The Bertz CT molecular complexity index is 2410. The number of hydrogen-bond donors (Lipinski definition) is 3. The number of carbonyl (C=O) groups excluding carboxylic acids is 2. The fourth-order valence-electron chi connectivity index (χ4n) is 6.14. The van der Waals surface area contributed by atoms with Crippen LogP contribution in [-0.2, 0) is 30.0 Å². The lowest BCUT2D eigenvalue weighted by Gasteiger charge is -2.11. The molecule has 12 nitrogen and oxygen atoms in total. The predicted molar refractivity (Wildman–Crippen MR) is 198 cm³/mol. The second-order valence-corrected chi connectivity index (χ2v) is 14.8. The fraction of sp³-hybridized carbons (Fsp3) is 0.243. The van der Waals surface area contributed by atoms with Gasteiger partial charge in [-0.2, -0.15) is 13.5 Å². The number of ether oxygens (including phenoxy) is 1. The Labute approximate surface area is 310 Å². The van der Waals surface area contributed by atoms with Crippen molar-refractivity contribution >= 4 is 55.9 Å². The van der Waals surface area contributed by atoms with E-state index >= 15 is 0 Å². The molecule has 4 heterocycles. The maximum Gasteiger partial charge on any atom is 0.297 e. The van der Waals surface area contributed by atoms with Gasteiger partial charge < -0.3 is 19.5 Å². The molecule has 0 radical (unpaired) electrons. The first-order valence-corrected chi connectivity index (χ1v) is 18.6. The second kappa shape index (κ2) is 14.9. The van der Waals surface area contributed by atoms with E-state index in [-0.39, 0.29) is 18.0 Å². The van der Waals surface area contributed by atoms with E-state index in [0.29, 0.717) is 57.3 Å². The molecule has 4 aromatic heterocycles. The van der Waals surface area contributed by atoms with Crippen molar-refractivity contribution in [1.82, 2.24) is 29.8 Å². The Hall–Kier alpha value is -5.11. The van der Waals surface area contributed by atoms with Crippen molar-refractivity contribution < 1.29 is 27.2 Å². The average molecular weight is 764 g/mol. The van der Waals surface area contributed by atoms with Crippen LogP contribution in [0.1, 0.15) is 61.1 Å². The third kappa shape index (κ3) is 7.43. The van der Waals surface area contributed by atoms with Crippen LogP contribution < -0.4 is 14.8 Å². The van der Waals surface area contributed by atoms with Crippen molar-refractivity contribution in [3.8, 4) is 16.9 Å². The molecule has 2 aromatic carbocycles. The summed E-state index contributed by atoms with van der Waals surface area (Å²) in [7, 11) is -2.71. The van der Waals surface area contributed by atoms with Crippen molar-refractivity contribution in [1.29, 1.82) is 0 Å². The van der Waals surface area contributed by atoms with Crippen LogP contribution in [0.4, 0.5) is 0 Å². The van der Waals surface area contributed by atoms with Crippen molar-refractivity contribution in [2.24, 2.45) is 7.05 Å². The summed E-state index contributed by atoms with van der Waals surface area (Å²) in [5.74, 6) is -1.11. The predicted octanol–water partition coefficient (Wildman–Crippen LogP) is 7.16. The van der Waals surface area contributed by atoms with Gasteiger partial charge in [0.2, 0.25) is 5.09 Å². The maximum absolute atomic E-state index is 13.9. The Kier molecular flexibility index (Phi) is 10.5. The van der Waals surface area contributed by atoms with E-state index in [4.69, 9.17) is 32.4 Å². The second-order valence-electron chi connectivity index (χ2n) is 12.4. The first kappa shape index (κ1) is 36.7. The zero-order valence-electron chi connectivity index (χ0n) is 29.1. The number of hydrogen-bond acceptors (Lipinski definition) is 8. The summed E-state index contributed by atoms with van der Waals surface area (Å²) < 4.78 is 42.2. The number of benzene rings is 2. The van der Waals surface area contributed by atoms with Crippen LogP contribution in [0.5, 0.6) is 5.75 Å². The molecule has 0 saturated carbocycles. The number of amides is 2. The number of H-pyrrole nitrogens is 1. The summed E-state index contributed by atoms with van der Waals surface area (Å²) in [6, 6.07) is 13.1. The van der Waals surface area contributed by atoms with E-state index < -0.39 is 26.9 Å². The molecular formula is C37H36Cl2N6O6S. The van der Waals surface area contributed by atoms with E-state index in [1.54, 1.807) is 41.3 Å². The van der Waals surface area contributed by atoms with E-state index in [1.165, 1.54) is 6.07 Å². The Morgan fingerprint density at radius 2 is 1.67 bits per heavy atom. The minimum Gasteiger partial charge on any atom is -0.494 e. The topological polar surface area (TPSA) is 161 Å². The Morgan fingerprint density at radius 3 is 2.35 bits per heavy atom. The molecule has 0 atom stereocenters. The summed E-state index contributed by atoms with van der Waals surface area (Å²) >= 11 is 13.1. The van der Waals surface area contributed by atoms with Crippen molar-refractivity contribution in [2.45, 2.75) is 52.2 Å². The van der Waals surface area contributed by atoms with Gasteiger partial charge in [-0.05, 0) is 105 Å². The minimum absolute atomic E-state index is 0.0290. The number of aromatic amines is 1. The molecule has 270 valence electrons. The minimum atomic E-state index is -4.54. The smallest absolute Gasteiger partial charge is 0.297 e. The number of halogens is 2. The van der Waals surface area contributed by atoms with Gasteiger partial charge in [-0.3, -0.25) is 19.3 Å². The largest absolute Gasteiger partial charge is 0.494 e. The highest BCUT2D eigenvalue weighted by Gasteiger charge is 2.29. The van der Waals surface area contributed by atoms with Gasteiger partial charge in [0.15, 0.2) is 5.76 Å². The molecule has 6 aromatic rings. The SMILES string of the molecule is Cc1cc(OCCCc2c(C(=O)NS(=O)(=O)c3ccc(C(=O)NCc4ccncc4)o3)[nH]c3c(-c4c(C)nn(C)c4C)c(Cl)ccc23)cc(C)c1Cl. The van der Waals surface area contributed by atoms with Gasteiger partial charge in [0.1, 0.15) is 11.4 Å². The molecule has 0 aliphatic heterocycles. The van der Waals surface area contributed by atoms with Crippen molar-refractivity contribution in [3.63, 3.8) is 0 Å². The normalized spacial score (nSPS) is 11.6. The van der Waals surface area contributed by atoms with E-state index in [2.05, 4.69) is 25.1 Å². The number of aryl methyl sites for hydroxylation is 5. The average Bonchev–Trinajstić information content (AvgIpc) is 3.82. The highest BCUT2D eigenvalue weighted by Crippen LogP contribution is 2.40. The molecule has 0 bridgehead atoms. The third-order valence-electron chi connectivity index (χ3n) is 8.77. The summed E-state index contributed by atoms with van der Waals surface area (Å²) in [6.07, 6.45) is 4.02. The van der Waals surface area contributed by atoms with Crippen molar-refractivity contribution in [2.75, 3.05) is 6.61 Å². The number of pyridine rings is 1. The fourth-order valence-corrected chi connectivity index (χ4v) is 7.39. The van der Waals surface area contributed by atoms with Gasteiger partial charge in [0.05, 0.1) is 22.8 Å². The van der Waals surface area contributed by atoms with Gasteiger partial charge in [0.25, 0.3) is 21.8 Å². The number of furan rings is 1. The Balaban J connectivity index is 1.29. The highest BCUT2D eigenvalue weighted by molar-refractivity contribution is 7.90. The monoisotopic (exact) mass is 762 g/mol. The number of sulfonamides is 1. The Morgan fingerprint density at radius 1 is 0.962 bits per heavy atom. The van der Waals surface area contributed by atoms with Crippen LogP contribution in [0, 0.1) is 27.7 Å². The summed E-state index contributed by atoms with van der Waals surface area (Å²) in [5, 5.41) is 8.42. The molecule has 15 heteroatoms. The van der Waals surface area contributed by atoms with Gasteiger partial charge >= 0.3 is 0 Å². The molecule has 6 rings (SSSR count). The van der Waals surface area contributed by atoms with E-state index in [0.717, 1.165) is 39.7 Å².